The summed E-state index contributed by atoms with van der Waals surface area (Å²) in [5, 5.41) is 21.2. The fourth-order valence-corrected chi connectivity index (χ4v) is 4.08. The van der Waals surface area contributed by atoms with Crippen LogP contribution in [0.1, 0.15) is 50.0 Å². The molecule has 8 nitrogen and oxygen atoms in total. The summed E-state index contributed by atoms with van der Waals surface area (Å²) in [7, 11) is 3.81. The highest BCUT2D eigenvalue weighted by Gasteiger charge is 2.15. The third-order valence-electron chi connectivity index (χ3n) is 5.17. The Labute approximate surface area is 185 Å². The Morgan fingerprint density at radius 1 is 1.20 bits per heavy atom. The molecule has 1 atom stereocenters. The summed E-state index contributed by atoms with van der Waals surface area (Å²) >= 11 is 1.66. The second-order valence-corrected chi connectivity index (χ2v) is 9.01. The Hall–Kier alpha value is -2.03. The van der Waals surface area contributed by atoms with E-state index in [9.17, 15) is 0 Å². The van der Waals surface area contributed by atoms with Gasteiger partial charge in [-0.05, 0) is 51.3 Å². The lowest BCUT2D eigenvalue weighted by Crippen LogP contribution is -2.43. The van der Waals surface area contributed by atoms with Gasteiger partial charge in [-0.15, -0.1) is 10.2 Å². The fraction of sp³-hybridized carbons (Fsp3) is 0.714. The van der Waals surface area contributed by atoms with E-state index in [0.29, 0.717) is 5.92 Å². The summed E-state index contributed by atoms with van der Waals surface area (Å²) in [5.41, 5.74) is 3.63. The summed E-state index contributed by atoms with van der Waals surface area (Å²) in [6.45, 7) is 12.6. The van der Waals surface area contributed by atoms with Gasteiger partial charge >= 0.3 is 0 Å². The number of guanidine groups is 1. The van der Waals surface area contributed by atoms with E-state index in [-0.39, 0.29) is 6.04 Å². The van der Waals surface area contributed by atoms with Gasteiger partial charge in [0.2, 0.25) is 0 Å². The molecule has 0 saturated heterocycles. The van der Waals surface area contributed by atoms with Crippen LogP contribution in [0.25, 0.3) is 0 Å². The third-order valence-corrected chi connectivity index (χ3v) is 5.84. The van der Waals surface area contributed by atoms with Crippen molar-refractivity contribution in [2.24, 2.45) is 18.0 Å². The highest BCUT2D eigenvalue weighted by atomic mass is 32.2. The molecule has 0 aromatic carbocycles. The number of aromatic nitrogens is 5. The van der Waals surface area contributed by atoms with Crippen LogP contribution in [-0.2, 0) is 26.4 Å². The van der Waals surface area contributed by atoms with Crippen molar-refractivity contribution >= 4 is 17.7 Å². The van der Waals surface area contributed by atoms with E-state index in [1.54, 1.807) is 11.8 Å². The van der Waals surface area contributed by atoms with Crippen molar-refractivity contribution in [3.05, 3.63) is 22.8 Å². The molecule has 0 amide bonds. The molecular formula is C21H38N8S. The van der Waals surface area contributed by atoms with Crippen LogP contribution in [0.4, 0.5) is 0 Å². The number of hydrogen-bond donors (Lipinski definition) is 2. The molecule has 0 radical (unpaired) electrons. The molecule has 9 heteroatoms. The topological polar surface area (TPSA) is 84.9 Å². The lowest BCUT2D eigenvalue weighted by Gasteiger charge is -2.18. The Balaban J connectivity index is 1.83. The van der Waals surface area contributed by atoms with Crippen molar-refractivity contribution < 1.29 is 0 Å². The van der Waals surface area contributed by atoms with Crippen molar-refractivity contribution in [2.75, 3.05) is 19.8 Å². The van der Waals surface area contributed by atoms with Gasteiger partial charge in [0.1, 0.15) is 5.82 Å². The molecule has 0 fully saturated rings. The standard InChI is InChI=1S/C21H38N8S/c1-14(2)13-29-19(25-26-21(29)30-8)10-9-11-23-20(22-6)24-15(3)12-18-16(4)27-28(7)17(18)5/h14-15H,9-13H2,1-8H3,(H2,22,23,24). The molecule has 0 bridgehead atoms. The van der Waals surface area contributed by atoms with Gasteiger partial charge in [-0.1, -0.05) is 25.6 Å². The molecule has 0 aliphatic heterocycles. The molecule has 30 heavy (non-hydrogen) atoms. The SMILES string of the molecule is CN=C(NCCCc1nnc(SC)n1CC(C)C)NC(C)Cc1c(C)nn(C)c1C. The van der Waals surface area contributed by atoms with Crippen molar-refractivity contribution in [2.45, 2.75) is 71.6 Å². The summed E-state index contributed by atoms with van der Waals surface area (Å²) < 4.78 is 4.20. The third kappa shape index (κ3) is 6.48. The molecule has 0 spiro atoms. The molecular weight excluding hydrogens is 396 g/mol. The summed E-state index contributed by atoms with van der Waals surface area (Å²) in [6.07, 6.45) is 4.84. The van der Waals surface area contributed by atoms with Crippen LogP contribution in [0.2, 0.25) is 0 Å². The zero-order valence-corrected chi connectivity index (χ0v) is 20.6. The van der Waals surface area contributed by atoms with Gasteiger partial charge in [-0.2, -0.15) is 5.10 Å². The van der Waals surface area contributed by atoms with Crippen molar-refractivity contribution in [1.29, 1.82) is 0 Å². The predicted molar refractivity (Wildman–Crippen MR) is 125 cm³/mol. The molecule has 2 aromatic rings. The number of nitrogens with zero attached hydrogens (tertiary/aromatic N) is 6. The zero-order chi connectivity index (χ0) is 22.3. The lowest BCUT2D eigenvalue weighted by molar-refractivity contribution is 0.477. The van der Waals surface area contributed by atoms with E-state index in [1.165, 1.54) is 11.3 Å². The quantitative estimate of drug-likeness (QED) is 0.259. The number of nitrogens with one attached hydrogen (secondary N) is 2. The second-order valence-electron chi connectivity index (χ2n) is 8.23. The van der Waals surface area contributed by atoms with Crippen molar-refractivity contribution in [3.63, 3.8) is 0 Å². The largest absolute Gasteiger partial charge is 0.356 e. The number of hydrogen-bond acceptors (Lipinski definition) is 5. The minimum atomic E-state index is 0.260. The molecule has 168 valence electrons. The van der Waals surface area contributed by atoms with Gasteiger partial charge in [0, 0.05) is 45.3 Å². The summed E-state index contributed by atoms with van der Waals surface area (Å²) in [5.74, 6) is 2.46. The number of aryl methyl sites for hydroxylation is 3. The van der Waals surface area contributed by atoms with Crippen LogP contribution in [0.15, 0.2) is 10.1 Å². The van der Waals surface area contributed by atoms with Gasteiger partial charge in [0.05, 0.1) is 5.69 Å². The second kappa shape index (κ2) is 11.4. The van der Waals surface area contributed by atoms with Crippen LogP contribution < -0.4 is 10.6 Å². The first-order valence-electron chi connectivity index (χ1n) is 10.7. The van der Waals surface area contributed by atoms with Crippen LogP contribution in [0, 0.1) is 19.8 Å². The number of aliphatic imine (C=N–C) groups is 1. The van der Waals surface area contributed by atoms with Gasteiger partial charge in [0.15, 0.2) is 11.1 Å². The first-order valence-corrected chi connectivity index (χ1v) is 11.9. The molecule has 0 aliphatic rings. The predicted octanol–water partition coefficient (Wildman–Crippen LogP) is 2.74. The van der Waals surface area contributed by atoms with Crippen LogP contribution in [0.3, 0.4) is 0 Å². The van der Waals surface area contributed by atoms with Crippen LogP contribution in [0.5, 0.6) is 0 Å². The van der Waals surface area contributed by atoms with Gasteiger partial charge in [-0.3, -0.25) is 9.67 Å². The number of thioether (sulfide) groups is 1. The zero-order valence-electron chi connectivity index (χ0n) is 19.8. The average Bonchev–Trinajstić information content (AvgIpc) is 3.18. The molecule has 2 N–H and O–H groups in total. The maximum absolute atomic E-state index is 4.51. The maximum atomic E-state index is 4.51. The fourth-order valence-electron chi connectivity index (χ4n) is 3.55. The minimum Gasteiger partial charge on any atom is -0.356 e. The Kier molecular flexibility index (Phi) is 9.20. The highest BCUT2D eigenvalue weighted by Crippen LogP contribution is 2.17. The maximum Gasteiger partial charge on any atom is 0.191 e. The first-order chi connectivity index (χ1) is 14.3. The molecule has 2 aromatic heterocycles. The smallest absolute Gasteiger partial charge is 0.191 e. The summed E-state index contributed by atoms with van der Waals surface area (Å²) in [6, 6.07) is 0.260. The van der Waals surface area contributed by atoms with Crippen LogP contribution in [-0.4, -0.2) is 56.4 Å². The van der Waals surface area contributed by atoms with Gasteiger partial charge in [-0.25, -0.2) is 0 Å². The minimum absolute atomic E-state index is 0.260. The molecule has 0 aliphatic carbocycles. The molecule has 0 saturated carbocycles. The first kappa shape index (κ1) is 24.2. The normalized spacial score (nSPS) is 13.2. The molecule has 1 unspecified atom stereocenters. The Morgan fingerprint density at radius 2 is 1.93 bits per heavy atom. The summed E-state index contributed by atoms with van der Waals surface area (Å²) in [4.78, 5) is 4.38. The van der Waals surface area contributed by atoms with Gasteiger partial charge < -0.3 is 15.2 Å². The van der Waals surface area contributed by atoms with E-state index in [4.69, 9.17) is 0 Å². The van der Waals surface area contributed by atoms with E-state index in [0.717, 1.165) is 55.0 Å². The van der Waals surface area contributed by atoms with Crippen molar-refractivity contribution in [1.82, 2.24) is 35.2 Å². The number of rotatable bonds is 10. The average molecular weight is 435 g/mol. The monoisotopic (exact) mass is 434 g/mol. The van der Waals surface area contributed by atoms with E-state index < -0.39 is 0 Å². The van der Waals surface area contributed by atoms with E-state index in [2.05, 4.69) is 76.4 Å². The van der Waals surface area contributed by atoms with Crippen molar-refractivity contribution in [3.8, 4) is 0 Å². The van der Waals surface area contributed by atoms with Crippen LogP contribution >= 0.6 is 11.8 Å². The molecule has 2 rings (SSSR count). The Bertz CT molecular complexity index is 836. The van der Waals surface area contributed by atoms with Gasteiger partial charge in [0.25, 0.3) is 0 Å². The highest BCUT2D eigenvalue weighted by molar-refractivity contribution is 7.98. The van der Waals surface area contributed by atoms with E-state index in [1.807, 2.05) is 18.8 Å². The molecule has 2 heterocycles. The van der Waals surface area contributed by atoms with E-state index >= 15 is 0 Å². The Morgan fingerprint density at radius 3 is 2.50 bits per heavy atom. The lowest BCUT2D eigenvalue weighted by atomic mass is 10.1.